The number of aliphatic hydroxyl groups excluding tert-OH is 1. The van der Waals surface area contributed by atoms with Crippen LogP contribution in [0.3, 0.4) is 0 Å². The number of rotatable bonds is 62. The maximum Gasteiger partial charge on any atom is 0.472 e. The Bertz CT molecular complexity index is 1650. The van der Waals surface area contributed by atoms with E-state index in [1.54, 1.807) is 0 Å². The van der Waals surface area contributed by atoms with E-state index in [0.29, 0.717) is 25.7 Å². The molecule has 0 radical (unpaired) electrons. The summed E-state index contributed by atoms with van der Waals surface area (Å²) in [5, 5.41) is 10.5. The maximum atomic E-state index is 13.0. The third-order valence-corrected chi connectivity index (χ3v) is 16.5. The fourth-order valence-corrected chi connectivity index (χ4v) is 11.1. The number of phosphoric ester groups is 2. The Morgan fingerprint density at radius 1 is 0.325 bits per heavy atom. The van der Waals surface area contributed by atoms with Gasteiger partial charge in [0.05, 0.1) is 26.4 Å². The first-order valence-electron chi connectivity index (χ1n) is 33.3. The van der Waals surface area contributed by atoms with Crippen molar-refractivity contribution in [3.63, 3.8) is 0 Å². The molecule has 2 unspecified atom stereocenters. The Morgan fingerprint density at radius 2 is 0.554 bits per heavy atom. The summed E-state index contributed by atoms with van der Waals surface area (Å²) in [5.74, 6) is 0.0244. The first-order valence-corrected chi connectivity index (χ1v) is 36.3. The summed E-state index contributed by atoms with van der Waals surface area (Å²) in [6, 6.07) is 0. The van der Waals surface area contributed by atoms with Crippen LogP contribution in [-0.2, 0) is 65.4 Å². The number of aliphatic hydroxyl groups is 1. The summed E-state index contributed by atoms with van der Waals surface area (Å²) in [5.41, 5.74) is 0. The topological polar surface area (TPSA) is 237 Å². The van der Waals surface area contributed by atoms with E-state index in [1.165, 1.54) is 122 Å². The molecule has 0 saturated carbocycles. The standard InChI is InChI=1S/C64H124O17P2/c1-8-9-10-11-12-13-14-24-31-38-45-61(66)74-51-59(80-63(68)47-40-33-26-19-16-22-29-36-43-56(4)5)53-78-82(70,71)76-49-58(65)50-77-83(72,73)79-54-60(81-64(69)48-41-34-27-20-17-23-30-37-44-57(6)7)52-75-62(67)46-39-32-25-18-15-21-28-35-42-55(2)3/h55-60,65H,8-54H2,1-7H3,(H,70,71)(H,72,73)/t58-,59+,60+/m0/s1. The highest BCUT2D eigenvalue weighted by atomic mass is 31.2. The Labute approximate surface area is 505 Å². The molecule has 0 aliphatic carbocycles. The second-order valence-corrected chi connectivity index (χ2v) is 27.5. The van der Waals surface area contributed by atoms with E-state index in [9.17, 15) is 43.2 Å². The van der Waals surface area contributed by atoms with Crippen molar-refractivity contribution in [2.45, 2.75) is 330 Å². The van der Waals surface area contributed by atoms with Gasteiger partial charge in [-0.05, 0) is 43.4 Å². The zero-order valence-corrected chi connectivity index (χ0v) is 55.4. The Morgan fingerprint density at radius 3 is 0.819 bits per heavy atom. The molecule has 0 aliphatic rings. The van der Waals surface area contributed by atoms with Crippen molar-refractivity contribution in [1.29, 1.82) is 0 Å². The number of carbonyl (C=O) groups excluding carboxylic acids is 4. The van der Waals surface area contributed by atoms with Gasteiger partial charge in [0.25, 0.3) is 0 Å². The molecule has 0 aliphatic heterocycles. The largest absolute Gasteiger partial charge is 0.472 e. The predicted octanol–water partition coefficient (Wildman–Crippen LogP) is 17.5. The molecule has 0 aromatic carbocycles. The lowest BCUT2D eigenvalue weighted by molar-refractivity contribution is -0.161. The van der Waals surface area contributed by atoms with Crippen molar-refractivity contribution < 1.29 is 80.2 Å². The quantitative estimate of drug-likeness (QED) is 0.0222. The minimum atomic E-state index is -4.94. The highest BCUT2D eigenvalue weighted by Crippen LogP contribution is 2.45. The van der Waals surface area contributed by atoms with Crippen LogP contribution in [-0.4, -0.2) is 96.7 Å². The molecule has 19 heteroatoms. The number of unbranched alkanes of at least 4 members (excludes halogenated alkanes) is 30. The highest BCUT2D eigenvalue weighted by molar-refractivity contribution is 7.47. The van der Waals surface area contributed by atoms with Crippen molar-refractivity contribution in [1.82, 2.24) is 0 Å². The molecule has 0 fully saturated rings. The van der Waals surface area contributed by atoms with E-state index >= 15 is 0 Å². The van der Waals surface area contributed by atoms with Crippen LogP contribution in [0.2, 0.25) is 0 Å². The van der Waals surface area contributed by atoms with Crippen LogP contribution in [0, 0.1) is 17.8 Å². The minimum Gasteiger partial charge on any atom is -0.462 e. The number of phosphoric acid groups is 2. The van der Waals surface area contributed by atoms with Crippen LogP contribution < -0.4 is 0 Å². The number of ether oxygens (including phenoxy) is 4. The molecule has 0 bridgehead atoms. The van der Waals surface area contributed by atoms with E-state index in [2.05, 4.69) is 48.5 Å². The fraction of sp³-hybridized carbons (Fsp3) is 0.938. The Hall–Kier alpha value is -1.94. The summed E-state index contributed by atoms with van der Waals surface area (Å²) in [6.45, 7) is 11.7. The summed E-state index contributed by atoms with van der Waals surface area (Å²) >= 11 is 0. The van der Waals surface area contributed by atoms with Gasteiger partial charge in [0.15, 0.2) is 12.2 Å². The summed E-state index contributed by atoms with van der Waals surface area (Å²) in [4.78, 5) is 72.2. The minimum absolute atomic E-state index is 0.103. The van der Waals surface area contributed by atoms with Crippen LogP contribution >= 0.6 is 15.6 Å². The van der Waals surface area contributed by atoms with Crippen LogP contribution in [0.4, 0.5) is 0 Å². The first kappa shape index (κ1) is 81.1. The average molecular weight is 1230 g/mol. The van der Waals surface area contributed by atoms with Gasteiger partial charge in [-0.15, -0.1) is 0 Å². The zero-order chi connectivity index (χ0) is 61.7. The van der Waals surface area contributed by atoms with Gasteiger partial charge >= 0.3 is 39.5 Å². The molecule has 0 aromatic heterocycles. The van der Waals surface area contributed by atoms with Gasteiger partial charge in [0, 0.05) is 25.7 Å². The summed E-state index contributed by atoms with van der Waals surface area (Å²) < 4.78 is 68.0. The highest BCUT2D eigenvalue weighted by Gasteiger charge is 2.30. The monoisotopic (exact) mass is 1230 g/mol. The second kappa shape index (κ2) is 55.4. The lowest BCUT2D eigenvalue weighted by Crippen LogP contribution is -2.30. The third kappa shape index (κ3) is 58.8. The number of hydrogen-bond donors (Lipinski definition) is 3. The first-order chi connectivity index (χ1) is 39.7. The SMILES string of the molecule is CCCCCCCCCCCCC(=O)OC[C@H](COP(=O)(O)OC[C@H](O)COP(=O)(O)OC[C@@H](COC(=O)CCCCCCCCCCC(C)C)OC(=O)CCCCCCCCCCC(C)C)OC(=O)CCCCCCCCCCC(C)C. The predicted molar refractivity (Wildman–Crippen MR) is 331 cm³/mol. The van der Waals surface area contributed by atoms with Crippen molar-refractivity contribution >= 4 is 39.5 Å². The average Bonchev–Trinajstić information content (AvgIpc) is 3.47. The van der Waals surface area contributed by atoms with Crippen LogP contribution in [0.5, 0.6) is 0 Å². The van der Waals surface area contributed by atoms with E-state index in [-0.39, 0.29) is 25.7 Å². The summed E-state index contributed by atoms with van der Waals surface area (Å²) in [6.07, 6.45) is 36.3. The fourth-order valence-electron chi connectivity index (χ4n) is 9.48. The third-order valence-electron chi connectivity index (χ3n) is 14.6. The van der Waals surface area contributed by atoms with Crippen LogP contribution in [0.25, 0.3) is 0 Å². The molecule has 83 heavy (non-hydrogen) atoms. The zero-order valence-electron chi connectivity index (χ0n) is 53.6. The molecule has 0 amide bonds. The number of hydrogen-bond acceptors (Lipinski definition) is 15. The lowest BCUT2D eigenvalue weighted by Gasteiger charge is -2.21. The second-order valence-electron chi connectivity index (χ2n) is 24.6. The smallest absolute Gasteiger partial charge is 0.462 e. The molecule has 5 atom stereocenters. The van der Waals surface area contributed by atoms with Gasteiger partial charge in [-0.3, -0.25) is 37.3 Å². The van der Waals surface area contributed by atoms with Crippen LogP contribution in [0.15, 0.2) is 0 Å². The molecular weight excluding hydrogens is 1100 g/mol. The van der Waals surface area contributed by atoms with Crippen LogP contribution in [0.1, 0.15) is 312 Å². The van der Waals surface area contributed by atoms with Gasteiger partial charge in [0.1, 0.15) is 19.3 Å². The number of carbonyl (C=O) groups is 4. The Balaban J connectivity index is 5.25. The van der Waals surface area contributed by atoms with Gasteiger partial charge in [-0.25, -0.2) is 9.13 Å². The molecule has 3 N–H and O–H groups in total. The van der Waals surface area contributed by atoms with E-state index in [4.69, 9.17) is 37.0 Å². The van der Waals surface area contributed by atoms with Gasteiger partial charge in [-0.1, -0.05) is 260 Å². The molecule has 0 saturated heterocycles. The van der Waals surface area contributed by atoms with Crippen molar-refractivity contribution in [3.8, 4) is 0 Å². The van der Waals surface area contributed by atoms with E-state index < -0.39 is 97.5 Å². The molecule has 0 rings (SSSR count). The molecule has 17 nitrogen and oxygen atoms in total. The van der Waals surface area contributed by atoms with Gasteiger partial charge in [0.2, 0.25) is 0 Å². The van der Waals surface area contributed by atoms with Crippen molar-refractivity contribution in [3.05, 3.63) is 0 Å². The van der Waals surface area contributed by atoms with E-state index in [1.807, 2.05) is 0 Å². The number of esters is 4. The molecule has 0 spiro atoms. The molecule has 0 heterocycles. The van der Waals surface area contributed by atoms with Gasteiger partial charge < -0.3 is 33.8 Å². The van der Waals surface area contributed by atoms with Crippen molar-refractivity contribution in [2.24, 2.45) is 17.8 Å². The maximum absolute atomic E-state index is 13.0. The molecular formula is C64H124O17P2. The molecule has 492 valence electrons. The van der Waals surface area contributed by atoms with Crippen molar-refractivity contribution in [2.75, 3.05) is 39.6 Å². The lowest BCUT2D eigenvalue weighted by atomic mass is 10.0. The normalized spacial score (nSPS) is 14.4. The summed E-state index contributed by atoms with van der Waals surface area (Å²) in [7, 11) is -9.89. The van der Waals surface area contributed by atoms with Gasteiger partial charge in [-0.2, -0.15) is 0 Å². The Kier molecular flexibility index (Phi) is 54.1. The molecule has 0 aromatic rings. The van der Waals surface area contributed by atoms with E-state index in [0.717, 1.165) is 108 Å².